The van der Waals surface area contributed by atoms with Gasteiger partial charge in [-0.15, -0.1) is 0 Å². The van der Waals surface area contributed by atoms with Crippen LogP contribution in [-0.2, 0) is 19.1 Å². The summed E-state index contributed by atoms with van der Waals surface area (Å²) in [6.07, 6.45) is 5.35. The predicted octanol–water partition coefficient (Wildman–Crippen LogP) is 4.67. The van der Waals surface area contributed by atoms with Crippen molar-refractivity contribution in [1.82, 2.24) is 0 Å². The van der Waals surface area contributed by atoms with Crippen LogP contribution in [0.25, 0.3) is 0 Å². The number of ketones is 2. The highest BCUT2D eigenvalue weighted by molar-refractivity contribution is 6.01. The maximum Gasteiger partial charge on any atom is 0.193 e. The average molecular weight is 602 g/mol. The molecule has 0 aromatic heterocycles. The normalized spacial score (nSPS) is 38.7. The second kappa shape index (κ2) is 10.3. The number of hydrogen-bond acceptors (Lipinski definition) is 9. The standard InChI is InChI=1S/C35H39NO8/c1-33-12-11-21(38)13-19(33)7-9-24-26-16-30-35(29(40)18-37,34(26,2)17-27(39)31(24)33)44-32(43-30)25-15-23(8-10-28(25)41-3)42-22-6-4-5-20(36)14-22/h4-6,8,10-15,24,26-27,30-32,37,39H,7,9,16-18,36H2,1-3H3/t24-,26-,27-,30+,31+,32-,33-,34-,35+/m0/s1. The Morgan fingerprint density at radius 3 is 2.70 bits per heavy atom. The predicted molar refractivity (Wildman–Crippen MR) is 161 cm³/mol. The number of nitrogens with two attached hydrogens (primary N) is 1. The Labute approximate surface area is 256 Å². The summed E-state index contributed by atoms with van der Waals surface area (Å²) in [5.41, 5.74) is 5.41. The maximum absolute atomic E-state index is 13.9. The van der Waals surface area contributed by atoms with Gasteiger partial charge < -0.3 is 34.9 Å². The molecule has 1 aliphatic heterocycles. The third-order valence-electron chi connectivity index (χ3n) is 11.3. The molecule has 4 fully saturated rings. The molecule has 3 saturated carbocycles. The van der Waals surface area contributed by atoms with Gasteiger partial charge in [-0.05, 0) is 80.0 Å². The number of carbonyl (C=O) groups is 2. The van der Waals surface area contributed by atoms with Gasteiger partial charge >= 0.3 is 0 Å². The number of aliphatic hydroxyl groups is 2. The molecule has 7 rings (SSSR count). The quantitative estimate of drug-likeness (QED) is 0.403. The molecule has 0 radical (unpaired) electrons. The molecule has 0 bridgehead atoms. The fourth-order valence-electron chi connectivity index (χ4n) is 9.50. The van der Waals surface area contributed by atoms with E-state index in [9.17, 15) is 19.8 Å². The Balaban J connectivity index is 1.24. The van der Waals surface area contributed by atoms with Crippen LogP contribution in [0.5, 0.6) is 17.2 Å². The summed E-state index contributed by atoms with van der Waals surface area (Å²) >= 11 is 0. The molecule has 2 aromatic rings. The molecule has 5 aliphatic rings. The second-order valence-corrected chi connectivity index (χ2v) is 13.4. The smallest absolute Gasteiger partial charge is 0.193 e. The summed E-state index contributed by atoms with van der Waals surface area (Å²) in [7, 11) is 1.55. The highest BCUT2D eigenvalue weighted by atomic mass is 16.7. The van der Waals surface area contributed by atoms with Crippen LogP contribution >= 0.6 is 0 Å². The lowest BCUT2D eigenvalue weighted by Gasteiger charge is -2.59. The molecular weight excluding hydrogens is 562 g/mol. The van der Waals surface area contributed by atoms with Crippen LogP contribution < -0.4 is 15.2 Å². The van der Waals surface area contributed by atoms with Crippen molar-refractivity contribution in [2.45, 2.75) is 63.6 Å². The molecule has 2 aromatic carbocycles. The summed E-state index contributed by atoms with van der Waals surface area (Å²) in [5, 5.41) is 22.2. The first-order valence-corrected chi connectivity index (χ1v) is 15.3. The first-order valence-electron chi connectivity index (χ1n) is 15.3. The van der Waals surface area contributed by atoms with Crippen LogP contribution in [0.2, 0.25) is 0 Å². The number of Topliss-reactive ketones (excluding diaryl/α,β-unsaturated/α-hetero) is 1. The zero-order chi connectivity index (χ0) is 31.0. The number of fused-ring (bicyclic) bond motifs is 7. The number of aliphatic hydroxyl groups excluding tert-OH is 2. The topological polar surface area (TPSA) is 138 Å². The van der Waals surface area contributed by atoms with Gasteiger partial charge in [0.05, 0.1) is 24.9 Å². The minimum absolute atomic E-state index is 0.00172. The molecule has 44 heavy (non-hydrogen) atoms. The van der Waals surface area contributed by atoms with E-state index in [0.29, 0.717) is 41.3 Å². The van der Waals surface area contributed by atoms with E-state index in [2.05, 4.69) is 6.92 Å². The molecule has 9 heteroatoms. The third kappa shape index (κ3) is 4.06. The van der Waals surface area contributed by atoms with E-state index in [1.807, 2.05) is 13.0 Å². The SMILES string of the molecule is COc1ccc(Oc2cccc(N)c2)cc1[C@H]1O[C@@H]2C[C@H]3[C@@H]4CCC5=CC(=O)C=C[C@]5(C)[C@H]4[C@@H](O)C[C@]3(C)[C@]2(C(=O)CO)O1. The number of allylic oxidation sites excluding steroid dienone is 4. The summed E-state index contributed by atoms with van der Waals surface area (Å²) in [4.78, 5) is 26.1. The van der Waals surface area contributed by atoms with E-state index in [0.717, 1.165) is 18.4 Å². The van der Waals surface area contributed by atoms with Crippen molar-refractivity contribution in [3.05, 3.63) is 71.8 Å². The molecular formula is C35H39NO8. The van der Waals surface area contributed by atoms with Crippen molar-refractivity contribution in [1.29, 1.82) is 0 Å². The number of ether oxygens (including phenoxy) is 4. The van der Waals surface area contributed by atoms with Crippen LogP contribution in [-0.4, -0.2) is 53.3 Å². The fraction of sp³-hybridized carbons (Fsp3) is 0.486. The van der Waals surface area contributed by atoms with Gasteiger partial charge in [-0.2, -0.15) is 0 Å². The van der Waals surface area contributed by atoms with Gasteiger partial charge in [-0.25, -0.2) is 0 Å². The molecule has 1 heterocycles. The van der Waals surface area contributed by atoms with E-state index in [-0.39, 0.29) is 23.5 Å². The van der Waals surface area contributed by atoms with Crippen molar-refractivity contribution in [2.75, 3.05) is 19.5 Å². The number of anilines is 1. The van der Waals surface area contributed by atoms with E-state index >= 15 is 0 Å². The van der Waals surface area contributed by atoms with Crippen LogP contribution in [0.4, 0.5) is 5.69 Å². The van der Waals surface area contributed by atoms with Gasteiger partial charge in [-0.1, -0.05) is 31.6 Å². The lowest BCUT2D eigenvalue weighted by Crippen LogP contribution is -2.63. The van der Waals surface area contributed by atoms with E-state index in [1.54, 1.807) is 61.7 Å². The Morgan fingerprint density at radius 2 is 1.95 bits per heavy atom. The van der Waals surface area contributed by atoms with Gasteiger partial charge in [0.1, 0.15) is 23.9 Å². The first-order chi connectivity index (χ1) is 21.0. The van der Waals surface area contributed by atoms with E-state index in [1.165, 1.54) is 0 Å². The van der Waals surface area contributed by atoms with Crippen molar-refractivity contribution in [2.24, 2.45) is 28.6 Å². The Morgan fingerprint density at radius 1 is 1.16 bits per heavy atom. The molecule has 9 atom stereocenters. The molecule has 0 amide bonds. The molecule has 4 N–H and O–H groups in total. The molecule has 1 saturated heterocycles. The zero-order valence-corrected chi connectivity index (χ0v) is 25.2. The Bertz CT molecular complexity index is 1580. The molecule has 232 valence electrons. The molecule has 0 unspecified atom stereocenters. The minimum Gasteiger partial charge on any atom is -0.496 e. The highest BCUT2D eigenvalue weighted by Gasteiger charge is 2.76. The number of benzene rings is 2. The molecule has 4 aliphatic carbocycles. The average Bonchev–Trinajstić information content (AvgIpc) is 3.50. The van der Waals surface area contributed by atoms with Crippen molar-refractivity contribution >= 4 is 17.3 Å². The van der Waals surface area contributed by atoms with Crippen molar-refractivity contribution < 1.29 is 38.7 Å². The lowest BCUT2D eigenvalue weighted by molar-refractivity contribution is -0.201. The Kier molecular flexibility index (Phi) is 6.82. The van der Waals surface area contributed by atoms with Crippen LogP contribution in [0, 0.1) is 28.6 Å². The fourth-order valence-corrected chi connectivity index (χ4v) is 9.50. The molecule has 9 nitrogen and oxygen atoms in total. The lowest BCUT2D eigenvalue weighted by atomic mass is 9.46. The van der Waals surface area contributed by atoms with Gasteiger partial charge in [0.2, 0.25) is 0 Å². The monoisotopic (exact) mass is 601 g/mol. The van der Waals surface area contributed by atoms with Gasteiger partial charge in [0.25, 0.3) is 0 Å². The zero-order valence-electron chi connectivity index (χ0n) is 25.2. The number of nitrogen functional groups attached to an aromatic ring is 1. The van der Waals surface area contributed by atoms with Gasteiger partial charge in [0, 0.05) is 28.5 Å². The maximum atomic E-state index is 13.9. The minimum atomic E-state index is -1.46. The van der Waals surface area contributed by atoms with Crippen LogP contribution in [0.3, 0.4) is 0 Å². The number of hydrogen-bond donors (Lipinski definition) is 3. The Hall–Kier alpha value is -3.50. The van der Waals surface area contributed by atoms with E-state index in [4.69, 9.17) is 24.7 Å². The summed E-state index contributed by atoms with van der Waals surface area (Å²) < 4.78 is 25.1. The van der Waals surface area contributed by atoms with Crippen LogP contribution in [0.1, 0.15) is 51.4 Å². The van der Waals surface area contributed by atoms with Crippen LogP contribution in [0.15, 0.2) is 66.3 Å². The second-order valence-electron chi connectivity index (χ2n) is 13.4. The summed E-state index contributed by atoms with van der Waals surface area (Å²) in [6, 6.07) is 12.4. The summed E-state index contributed by atoms with van der Waals surface area (Å²) in [5.74, 6) is 1.09. The van der Waals surface area contributed by atoms with Crippen molar-refractivity contribution in [3.8, 4) is 17.2 Å². The van der Waals surface area contributed by atoms with Gasteiger partial charge in [-0.3, -0.25) is 9.59 Å². The van der Waals surface area contributed by atoms with Crippen molar-refractivity contribution in [3.63, 3.8) is 0 Å². The highest BCUT2D eigenvalue weighted by Crippen LogP contribution is 2.70. The molecule has 0 spiro atoms. The summed E-state index contributed by atoms with van der Waals surface area (Å²) in [6.45, 7) is 3.42. The van der Waals surface area contributed by atoms with Gasteiger partial charge in [0.15, 0.2) is 23.5 Å². The number of methoxy groups -OCH3 is 1. The number of rotatable bonds is 6. The van der Waals surface area contributed by atoms with E-state index < -0.39 is 47.3 Å². The first kappa shape index (κ1) is 29.2. The third-order valence-corrected chi connectivity index (χ3v) is 11.3. The largest absolute Gasteiger partial charge is 0.496 e. The number of carbonyl (C=O) groups excluding carboxylic acids is 2.